The molecule has 0 aliphatic carbocycles. The summed E-state index contributed by atoms with van der Waals surface area (Å²) < 4.78 is 11.1. The SMILES string of the molecule is CC1COC(CBr)CN1C1CCOC1. The lowest BCUT2D eigenvalue weighted by atomic mass is 10.1. The number of morpholine rings is 1. The molecule has 0 aromatic carbocycles. The quantitative estimate of drug-likeness (QED) is 0.701. The van der Waals surface area contributed by atoms with Crippen LogP contribution in [0, 0.1) is 0 Å². The van der Waals surface area contributed by atoms with E-state index in [-0.39, 0.29) is 0 Å². The largest absolute Gasteiger partial charge is 0.380 e. The van der Waals surface area contributed by atoms with Gasteiger partial charge in [-0.25, -0.2) is 0 Å². The topological polar surface area (TPSA) is 21.7 Å². The van der Waals surface area contributed by atoms with Gasteiger partial charge in [0.1, 0.15) is 0 Å². The van der Waals surface area contributed by atoms with Crippen molar-refractivity contribution in [2.24, 2.45) is 0 Å². The van der Waals surface area contributed by atoms with Gasteiger partial charge in [-0.2, -0.15) is 0 Å². The summed E-state index contributed by atoms with van der Waals surface area (Å²) in [5, 5.41) is 0.934. The predicted octanol–water partition coefficient (Wildman–Crippen LogP) is 1.26. The van der Waals surface area contributed by atoms with Crippen molar-refractivity contribution in [1.82, 2.24) is 4.90 Å². The van der Waals surface area contributed by atoms with Gasteiger partial charge in [-0.15, -0.1) is 0 Å². The molecule has 2 saturated heterocycles. The summed E-state index contributed by atoms with van der Waals surface area (Å²) in [5.41, 5.74) is 0. The van der Waals surface area contributed by atoms with Gasteiger partial charge >= 0.3 is 0 Å². The molecule has 2 aliphatic rings. The van der Waals surface area contributed by atoms with Crippen LogP contribution in [-0.2, 0) is 9.47 Å². The van der Waals surface area contributed by atoms with Crippen LogP contribution in [0.15, 0.2) is 0 Å². The van der Waals surface area contributed by atoms with Gasteiger partial charge in [-0.05, 0) is 13.3 Å². The van der Waals surface area contributed by atoms with Gasteiger partial charge in [0.15, 0.2) is 0 Å². The van der Waals surface area contributed by atoms with Gasteiger partial charge < -0.3 is 9.47 Å². The maximum atomic E-state index is 5.70. The smallest absolute Gasteiger partial charge is 0.0799 e. The number of halogens is 1. The first-order valence-corrected chi connectivity index (χ1v) is 6.44. The summed E-state index contributed by atoms with van der Waals surface area (Å²) in [7, 11) is 0. The predicted molar refractivity (Wildman–Crippen MR) is 58.9 cm³/mol. The minimum atomic E-state index is 0.354. The number of nitrogens with zero attached hydrogens (tertiary/aromatic N) is 1. The molecule has 0 aromatic rings. The third-order valence-electron chi connectivity index (χ3n) is 3.10. The Morgan fingerprint density at radius 2 is 2.29 bits per heavy atom. The molecule has 2 aliphatic heterocycles. The zero-order chi connectivity index (χ0) is 9.97. The normalized spacial score (nSPS) is 40.3. The highest BCUT2D eigenvalue weighted by molar-refractivity contribution is 9.09. The minimum absolute atomic E-state index is 0.354. The molecule has 4 heteroatoms. The molecule has 0 bridgehead atoms. The highest BCUT2D eigenvalue weighted by Gasteiger charge is 2.32. The Labute approximate surface area is 93.9 Å². The Bertz CT molecular complexity index is 185. The zero-order valence-corrected chi connectivity index (χ0v) is 10.2. The molecule has 0 saturated carbocycles. The van der Waals surface area contributed by atoms with Gasteiger partial charge in [-0.1, -0.05) is 15.9 Å². The van der Waals surface area contributed by atoms with Crippen LogP contribution in [0.3, 0.4) is 0 Å². The van der Waals surface area contributed by atoms with Crippen LogP contribution in [0.1, 0.15) is 13.3 Å². The van der Waals surface area contributed by atoms with Crippen molar-refractivity contribution in [2.75, 3.05) is 31.7 Å². The number of ether oxygens (including phenoxy) is 2. The highest BCUT2D eigenvalue weighted by Crippen LogP contribution is 2.21. The van der Waals surface area contributed by atoms with E-state index in [1.807, 2.05) is 0 Å². The second-order valence-electron chi connectivity index (χ2n) is 4.17. The molecule has 0 aromatic heterocycles. The molecule has 2 heterocycles. The van der Waals surface area contributed by atoms with E-state index in [2.05, 4.69) is 27.8 Å². The van der Waals surface area contributed by atoms with Crippen molar-refractivity contribution in [1.29, 1.82) is 0 Å². The van der Waals surface area contributed by atoms with Gasteiger partial charge in [-0.3, -0.25) is 4.90 Å². The van der Waals surface area contributed by atoms with E-state index in [0.29, 0.717) is 18.2 Å². The van der Waals surface area contributed by atoms with E-state index in [4.69, 9.17) is 9.47 Å². The van der Waals surface area contributed by atoms with Crippen molar-refractivity contribution >= 4 is 15.9 Å². The van der Waals surface area contributed by atoms with Crippen LogP contribution in [0.25, 0.3) is 0 Å². The molecule has 2 rings (SSSR count). The fraction of sp³-hybridized carbons (Fsp3) is 1.00. The second kappa shape index (κ2) is 4.92. The van der Waals surface area contributed by atoms with Crippen molar-refractivity contribution in [3.8, 4) is 0 Å². The van der Waals surface area contributed by atoms with Crippen LogP contribution >= 0.6 is 15.9 Å². The molecular weight excluding hydrogens is 246 g/mol. The van der Waals surface area contributed by atoms with Gasteiger partial charge in [0.25, 0.3) is 0 Å². The molecule has 3 unspecified atom stereocenters. The summed E-state index contributed by atoms with van der Waals surface area (Å²) in [6.07, 6.45) is 1.53. The molecule has 0 spiro atoms. The monoisotopic (exact) mass is 263 g/mol. The number of rotatable bonds is 2. The summed E-state index contributed by atoms with van der Waals surface area (Å²) >= 11 is 3.48. The first-order chi connectivity index (χ1) is 6.81. The van der Waals surface area contributed by atoms with Gasteiger partial charge in [0, 0.05) is 30.6 Å². The first kappa shape index (κ1) is 10.9. The van der Waals surface area contributed by atoms with Crippen molar-refractivity contribution in [3.63, 3.8) is 0 Å². The summed E-state index contributed by atoms with van der Waals surface area (Å²) in [6, 6.07) is 1.16. The van der Waals surface area contributed by atoms with Crippen molar-refractivity contribution in [2.45, 2.75) is 31.5 Å². The molecule has 0 amide bonds. The summed E-state index contributed by atoms with van der Waals surface area (Å²) in [4.78, 5) is 2.54. The van der Waals surface area contributed by atoms with E-state index < -0.39 is 0 Å². The number of hydrogen-bond acceptors (Lipinski definition) is 3. The number of alkyl halides is 1. The molecule has 0 N–H and O–H groups in total. The second-order valence-corrected chi connectivity index (χ2v) is 4.82. The van der Waals surface area contributed by atoms with E-state index in [1.165, 1.54) is 6.42 Å². The average Bonchev–Trinajstić information content (AvgIpc) is 2.71. The van der Waals surface area contributed by atoms with E-state index in [1.54, 1.807) is 0 Å². The maximum absolute atomic E-state index is 5.70. The van der Waals surface area contributed by atoms with Crippen molar-refractivity contribution in [3.05, 3.63) is 0 Å². The van der Waals surface area contributed by atoms with E-state index in [0.717, 1.165) is 31.7 Å². The Kier molecular flexibility index (Phi) is 3.82. The van der Waals surface area contributed by atoms with Gasteiger partial charge in [0.2, 0.25) is 0 Å². The van der Waals surface area contributed by atoms with Crippen molar-refractivity contribution < 1.29 is 9.47 Å². The maximum Gasteiger partial charge on any atom is 0.0799 e. The van der Waals surface area contributed by atoms with Crippen LogP contribution in [0.5, 0.6) is 0 Å². The van der Waals surface area contributed by atoms with E-state index in [9.17, 15) is 0 Å². The van der Waals surface area contributed by atoms with Crippen LogP contribution < -0.4 is 0 Å². The summed E-state index contributed by atoms with van der Waals surface area (Å²) in [6.45, 7) is 5.96. The fourth-order valence-corrected chi connectivity index (χ4v) is 2.62. The fourth-order valence-electron chi connectivity index (χ4n) is 2.22. The number of hydrogen-bond donors (Lipinski definition) is 0. The summed E-state index contributed by atoms with van der Waals surface area (Å²) in [5.74, 6) is 0. The molecular formula is C10H18BrNO2. The molecule has 3 nitrogen and oxygen atoms in total. The lowest BCUT2D eigenvalue weighted by Crippen LogP contribution is -2.53. The Hall–Kier alpha value is 0.360. The third-order valence-corrected chi connectivity index (χ3v) is 3.82. The Balaban J connectivity index is 1.93. The lowest BCUT2D eigenvalue weighted by molar-refractivity contribution is -0.0639. The highest BCUT2D eigenvalue weighted by atomic mass is 79.9. The first-order valence-electron chi connectivity index (χ1n) is 5.32. The lowest BCUT2D eigenvalue weighted by Gasteiger charge is -2.40. The molecule has 2 fully saturated rings. The standard InChI is InChI=1S/C10H18BrNO2/c1-8-6-14-10(4-11)5-12(8)9-2-3-13-7-9/h8-10H,2-7H2,1H3. The van der Waals surface area contributed by atoms with E-state index >= 15 is 0 Å². The Morgan fingerprint density at radius 3 is 2.93 bits per heavy atom. The van der Waals surface area contributed by atoms with Crippen LogP contribution in [0.4, 0.5) is 0 Å². The molecule has 3 atom stereocenters. The molecule has 0 radical (unpaired) electrons. The third kappa shape index (κ3) is 2.30. The molecule has 14 heavy (non-hydrogen) atoms. The molecule has 82 valence electrons. The zero-order valence-electron chi connectivity index (χ0n) is 8.62. The minimum Gasteiger partial charge on any atom is -0.380 e. The Morgan fingerprint density at radius 1 is 1.43 bits per heavy atom. The van der Waals surface area contributed by atoms with Gasteiger partial charge in [0.05, 0.1) is 19.3 Å². The van der Waals surface area contributed by atoms with Crippen LogP contribution in [0.2, 0.25) is 0 Å². The average molecular weight is 264 g/mol. The van der Waals surface area contributed by atoms with Crippen LogP contribution in [-0.4, -0.2) is 54.8 Å².